The van der Waals surface area contributed by atoms with Gasteiger partial charge in [0.05, 0.1) is 34.3 Å². The zero-order valence-corrected chi connectivity index (χ0v) is 15.9. The highest BCUT2D eigenvalue weighted by Gasteiger charge is 2.23. The fourth-order valence-corrected chi connectivity index (χ4v) is 3.88. The van der Waals surface area contributed by atoms with Gasteiger partial charge in [-0.25, -0.2) is 17.8 Å². The molecule has 0 aliphatic rings. The van der Waals surface area contributed by atoms with E-state index in [1.54, 1.807) is 11.6 Å². The summed E-state index contributed by atoms with van der Waals surface area (Å²) in [4.78, 5) is -0.255. The molecule has 2 heterocycles. The van der Waals surface area contributed by atoms with Gasteiger partial charge in [-0.3, -0.25) is 4.68 Å². The highest BCUT2D eigenvalue weighted by Crippen LogP contribution is 2.24. The molecule has 0 spiro atoms. The van der Waals surface area contributed by atoms with Crippen molar-refractivity contribution in [3.8, 4) is 0 Å². The third-order valence-electron chi connectivity index (χ3n) is 3.98. The minimum atomic E-state index is -3.92. The zero-order valence-electron chi connectivity index (χ0n) is 14.3. The van der Waals surface area contributed by atoms with E-state index < -0.39 is 16.6 Å². The molecule has 0 aliphatic heterocycles. The van der Waals surface area contributed by atoms with Crippen LogP contribution in [0, 0.1) is 20.8 Å². The molecule has 0 saturated carbocycles. The van der Waals surface area contributed by atoms with E-state index in [2.05, 4.69) is 14.9 Å². The van der Waals surface area contributed by atoms with Crippen LogP contribution in [0.15, 0.2) is 11.1 Å². The lowest BCUT2D eigenvalue weighted by Crippen LogP contribution is -2.27. The fourth-order valence-electron chi connectivity index (χ4n) is 2.54. The Kier molecular flexibility index (Phi) is 5.85. The van der Waals surface area contributed by atoms with Crippen molar-refractivity contribution in [1.29, 1.82) is 0 Å². The summed E-state index contributed by atoms with van der Waals surface area (Å²) < 4.78 is 54.5. The number of sulfonamides is 1. The molecule has 1 N–H and O–H groups in total. The predicted molar refractivity (Wildman–Crippen MR) is 89.4 cm³/mol. The number of nitrogens with zero attached hydrogens (tertiary/aromatic N) is 4. The molecule has 0 aliphatic carbocycles. The summed E-state index contributed by atoms with van der Waals surface area (Å²) in [6, 6.07) is -0.0845. The van der Waals surface area contributed by atoms with E-state index in [4.69, 9.17) is 11.6 Å². The Labute approximate surface area is 150 Å². The quantitative estimate of drug-likeness (QED) is 0.781. The highest BCUT2D eigenvalue weighted by atomic mass is 35.5. The number of halogens is 3. The first-order valence-corrected chi connectivity index (χ1v) is 9.45. The third-order valence-corrected chi connectivity index (χ3v) is 6.09. The summed E-state index contributed by atoms with van der Waals surface area (Å²) in [5, 5.41) is 8.33. The molecule has 0 fully saturated rings. The summed E-state index contributed by atoms with van der Waals surface area (Å²) in [5.74, 6) is 0. The van der Waals surface area contributed by atoms with Crippen LogP contribution in [0.1, 0.15) is 43.0 Å². The molecule has 0 radical (unpaired) electrons. The smallest absolute Gasteiger partial charge is 0.265 e. The van der Waals surface area contributed by atoms with Crippen LogP contribution in [0.5, 0.6) is 0 Å². The van der Waals surface area contributed by atoms with E-state index in [1.165, 1.54) is 6.92 Å². The molecular weight excluding hydrogens is 376 g/mol. The van der Waals surface area contributed by atoms with E-state index in [1.807, 2.05) is 13.8 Å². The van der Waals surface area contributed by atoms with Gasteiger partial charge >= 0.3 is 6.55 Å². The Morgan fingerprint density at radius 3 is 2.36 bits per heavy atom. The summed E-state index contributed by atoms with van der Waals surface area (Å²) in [6.45, 7) is 4.05. The van der Waals surface area contributed by atoms with Crippen molar-refractivity contribution >= 4 is 21.6 Å². The molecule has 2 aromatic heterocycles. The molecule has 140 valence electrons. The van der Waals surface area contributed by atoms with Gasteiger partial charge in [0, 0.05) is 6.54 Å². The van der Waals surface area contributed by atoms with Gasteiger partial charge in [0.1, 0.15) is 4.90 Å². The minimum Gasteiger partial charge on any atom is -0.265 e. The van der Waals surface area contributed by atoms with Crippen molar-refractivity contribution in [2.75, 3.05) is 6.54 Å². The first kappa shape index (κ1) is 19.8. The highest BCUT2D eigenvalue weighted by molar-refractivity contribution is 7.89. The monoisotopic (exact) mass is 395 g/mol. The summed E-state index contributed by atoms with van der Waals surface area (Å²) >= 11 is 6.11. The van der Waals surface area contributed by atoms with Crippen LogP contribution in [0.2, 0.25) is 5.02 Å². The number of alkyl halides is 2. The summed E-state index contributed by atoms with van der Waals surface area (Å²) in [7, 11) is -3.92. The van der Waals surface area contributed by atoms with E-state index >= 15 is 0 Å². The normalized spacial score (nSPS) is 13.6. The Morgan fingerprint density at radius 2 is 1.88 bits per heavy atom. The largest absolute Gasteiger partial charge is 0.333 e. The molecule has 11 heteroatoms. The molecule has 0 saturated heterocycles. The minimum absolute atomic E-state index is 0.0845. The van der Waals surface area contributed by atoms with Gasteiger partial charge < -0.3 is 0 Å². The Bertz CT molecular complexity index is 863. The molecule has 0 bridgehead atoms. The van der Waals surface area contributed by atoms with Crippen LogP contribution >= 0.6 is 11.6 Å². The third kappa shape index (κ3) is 4.01. The van der Waals surface area contributed by atoms with Gasteiger partial charge in [-0.2, -0.15) is 19.0 Å². The van der Waals surface area contributed by atoms with E-state index in [9.17, 15) is 17.2 Å². The van der Waals surface area contributed by atoms with Crippen LogP contribution in [0.25, 0.3) is 0 Å². The lowest BCUT2D eigenvalue weighted by atomic mass is 10.2. The second kappa shape index (κ2) is 7.38. The molecular formula is C14H20ClF2N5O2S. The molecule has 0 amide bonds. The van der Waals surface area contributed by atoms with Crippen LogP contribution in [-0.2, 0) is 10.0 Å². The van der Waals surface area contributed by atoms with Gasteiger partial charge in [0.25, 0.3) is 0 Å². The van der Waals surface area contributed by atoms with Crippen molar-refractivity contribution in [2.45, 2.75) is 51.6 Å². The molecule has 0 unspecified atom stereocenters. The standard InChI is InChI=1S/C14H20ClF2N5O2S/c1-8(21-11(4)13(15)9(2)20-21)5-6-19-25(23,24)12-7-18-22(10(12)3)14(16)17/h7-8,14,19H,5-6H2,1-4H3/t8-/m1/s1. The average molecular weight is 396 g/mol. The van der Waals surface area contributed by atoms with E-state index in [0.29, 0.717) is 21.8 Å². The molecule has 2 aromatic rings. The second-order valence-electron chi connectivity index (χ2n) is 5.78. The van der Waals surface area contributed by atoms with Crippen molar-refractivity contribution in [3.05, 3.63) is 28.3 Å². The van der Waals surface area contributed by atoms with E-state index in [0.717, 1.165) is 11.9 Å². The second-order valence-corrected chi connectivity index (χ2v) is 7.89. The van der Waals surface area contributed by atoms with Gasteiger partial charge in [0.15, 0.2) is 0 Å². The maximum Gasteiger partial charge on any atom is 0.333 e. The van der Waals surface area contributed by atoms with Crippen LogP contribution in [-0.4, -0.2) is 34.5 Å². The van der Waals surface area contributed by atoms with Gasteiger partial charge in [-0.05, 0) is 34.1 Å². The van der Waals surface area contributed by atoms with Crippen LogP contribution in [0.3, 0.4) is 0 Å². The Morgan fingerprint density at radius 1 is 1.24 bits per heavy atom. The predicted octanol–water partition coefficient (Wildman–Crippen LogP) is 2.98. The van der Waals surface area contributed by atoms with Crippen molar-refractivity contribution in [2.24, 2.45) is 0 Å². The Hall–Kier alpha value is -1.52. The lowest BCUT2D eigenvalue weighted by Gasteiger charge is -2.15. The molecule has 25 heavy (non-hydrogen) atoms. The number of hydrogen-bond acceptors (Lipinski definition) is 4. The lowest BCUT2D eigenvalue weighted by molar-refractivity contribution is 0.0541. The van der Waals surface area contributed by atoms with Crippen molar-refractivity contribution in [3.63, 3.8) is 0 Å². The van der Waals surface area contributed by atoms with Gasteiger partial charge in [-0.1, -0.05) is 11.6 Å². The first-order valence-electron chi connectivity index (χ1n) is 7.59. The number of rotatable bonds is 7. The number of aryl methyl sites for hydroxylation is 1. The summed E-state index contributed by atoms with van der Waals surface area (Å²) in [5.41, 5.74) is 1.41. The van der Waals surface area contributed by atoms with Crippen molar-refractivity contribution < 1.29 is 17.2 Å². The topological polar surface area (TPSA) is 81.8 Å². The fraction of sp³-hybridized carbons (Fsp3) is 0.571. The molecule has 0 aromatic carbocycles. The SMILES string of the molecule is Cc1nn([C@H](C)CCNS(=O)(=O)c2cnn(C(F)F)c2C)c(C)c1Cl. The van der Waals surface area contributed by atoms with E-state index in [-0.39, 0.29) is 23.2 Å². The molecule has 2 rings (SSSR count). The molecule has 1 atom stereocenters. The number of nitrogens with one attached hydrogen (secondary N) is 1. The number of aromatic nitrogens is 4. The van der Waals surface area contributed by atoms with Crippen LogP contribution < -0.4 is 4.72 Å². The van der Waals surface area contributed by atoms with Crippen LogP contribution in [0.4, 0.5) is 8.78 Å². The summed E-state index contributed by atoms with van der Waals surface area (Å²) in [6.07, 6.45) is 1.38. The maximum atomic E-state index is 12.7. The Balaban J connectivity index is 2.04. The average Bonchev–Trinajstić information content (AvgIpc) is 3.03. The van der Waals surface area contributed by atoms with Gasteiger partial charge in [0.2, 0.25) is 10.0 Å². The zero-order chi connectivity index (χ0) is 18.9. The molecule has 7 nitrogen and oxygen atoms in total. The first-order chi connectivity index (χ1) is 11.6. The number of hydrogen-bond donors (Lipinski definition) is 1. The van der Waals surface area contributed by atoms with Crippen molar-refractivity contribution in [1.82, 2.24) is 24.3 Å². The maximum absolute atomic E-state index is 12.7. The van der Waals surface area contributed by atoms with Gasteiger partial charge in [-0.15, -0.1) is 0 Å².